The molecule has 0 saturated carbocycles. The molecule has 4 heteroatoms. The third kappa shape index (κ3) is 3.23. The molecule has 1 aromatic rings. The zero-order chi connectivity index (χ0) is 12.7. The molecular formula is C13H19NO2S. The smallest absolute Gasteiger partial charge is 0.329 e. The summed E-state index contributed by atoms with van der Waals surface area (Å²) in [5.74, 6) is 0.635. The Labute approximate surface area is 107 Å². The number of thioether (sulfide) groups is 1. The van der Waals surface area contributed by atoms with Crippen molar-refractivity contribution < 1.29 is 9.90 Å². The molecule has 1 rings (SSSR count). The zero-order valence-corrected chi connectivity index (χ0v) is 11.1. The average Bonchev–Trinajstić information content (AvgIpc) is 2.35. The van der Waals surface area contributed by atoms with Gasteiger partial charge in [-0.25, -0.2) is 4.79 Å². The van der Waals surface area contributed by atoms with E-state index in [-0.39, 0.29) is 0 Å². The molecule has 0 aliphatic rings. The molecule has 0 spiro atoms. The first kappa shape index (κ1) is 14.1. The largest absolute Gasteiger partial charge is 0.480 e. The minimum atomic E-state index is -0.976. The lowest BCUT2D eigenvalue weighted by Crippen LogP contribution is -2.51. The molecule has 17 heavy (non-hydrogen) atoms. The minimum absolute atomic E-state index is 0.538. The summed E-state index contributed by atoms with van der Waals surface area (Å²) in [6, 6.07) is 9.39. The number of hydrogen-bond acceptors (Lipinski definition) is 3. The van der Waals surface area contributed by atoms with Crippen LogP contribution in [0.5, 0.6) is 0 Å². The summed E-state index contributed by atoms with van der Waals surface area (Å²) in [4.78, 5) is 11.6. The fourth-order valence-electron chi connectivity index (χ4n) is 1.78. The summed E-state index contributed by atoms with van der Waals surface area (Å²) >= 11 is 1.63. The van der Waals surface area contributed by atoms with Gasteiger partial charge in [-0.1, -0.05) is 44.2 Å². The van der Waals surface area contributed by atoms with Crippen LogP contribution in [0.3, 0.4) is 0 Å². The highest BCUT2D eigenvalue weighted by molar-refractivity contribution is 7.99. The van der Waals surface area contributed by atoms with Gasteiger partial charge in [0.2, 0.25) is 0 Å². The summed E-state index contributed by atoms with van der Waals surface area (Å²) in [6.07, 6.45) is 0. The molecule has 0 heterocycles. The van der Waals surface area contributed by atoms with Crippen molar-refractivity contribution in [1.82, 2.24) is 5.32 Å². The summed E-state index contributed by atoms with van der Waals surface area (Å²) in [6.45, 7) is 4.59. The van der Waals surface area contributed by atoms with Crippen molar-refractivity contribution in [3.63, 3.8) is 0 Å². The van der Waals surface area contributed by atoms with Crippen LogP contribution in [0.1, 0.15) is 19.4 Å². The summed E-state index contributed by atoms with van der Waals surface area (Å²) in [5, 5.41) is 12.7. The van der Waals surface area contributed by atoms with E-state index in [1.807, 2.05) is 44.2 Å². The van der Waals surface area contributed by atoms with Gasteiger partial charge < -0.3 is 5.11 Å². The van der Waals surface area contributed by atoms with Gasteiger partial charge in [0.1, 0.15) is 0 Å². The Kier molecular flexibility index (Phi) is 5.51. The molecule has 0 amide bonds. The van der Waals surface area contributed by atoms with Crippen molar-refractivity contribution in [2.24, 2.45) is 0 Å². The van der Waals surface area contributed by atoms with E-state index in [9.17, 15) is 9.90 Å². The van der Waals surface area contributed by atoms with E-state index in [1.54, 1.807) is 11.8 Å². The number of hydrogen-bond donors (Lipinski definition) is 2. The van der Waals surface area contributed by atoms with Gasteiger partial charge >= 0.3 is 5.97 Å². The van der Waals surface area contributed by atoms with Crippen LogP contribution in [0.2, 0.25) is 0 Å². The number of carboxylic acid groups (broad SMARTS) is 1. The molecule has 1 unspecified atom stereocenters. The Balaban J connectivity index is 3.10. The number of aliphatic carboxylic acids is 1. The average molecular weight is 253 g/mol. The van der Waals surface area contributed by atoms with Crippen LogP contribution >= 0.6 is 11.8 Å². The quantitative estimate of drug-likeness (QED) is 0.783. The second kappa shape index (κ2) is 6.67. The Morgan fingerprint density at radius 1 is 1.35 bits per heavy atom. The van der Waals surface area contributed by atoms with Crippen LogP contribution in [-0.2, 0) is 10.3 Å². The second-order valence-corrected chi connectivity index (χ2v) is 5.02. The van der Waals surface area contributed by atoms with Gasteiger partial charge in [0.15, 0.2) is 5.54 Å². The van der Waals surface area contributed by atoms with E-state index in [0.29, 0.717) is 12.3 Å². The van der Waals surface area contributed by atoms with Gasteiger partial charge in [0.05, 0.1) is 0 Å². The molecule has 0 aliphatic carbocycles. The van der Waals surface area contributed by atoms with E-state index in [2.05, 4.69) is 5.32 Å². The van der Waals surface area contributed by atoms with Gasteiger partial charge in [-0.05, 0) is 17.9 Å². The topological polar surface area (TPSA) is 49.3 Å². The fourth-order valence-corrected chi connectivity index (χ4v) is 2.68. The van der Waals surface area contributed by atoms with Crippen LogP contribution < -0.4 is 5.32 Å². The first-order chi connectivity index (χ1) is 8.17. The second-order valence-electron chi connectivity index (χ2n) is 3.74. The van der Waals surface area contributed by atoms with E-state index >= 15 is 0 Å². The molecule has 1 aromatic carbocycles. The molecule has 0 saturated heterocycles. The highest BCUT2D eigenvalue weighted by Crippen LogP contribution is 2.26. The monoisotopic (exact) mass is 253 g/mol. The summed E-state index contributed by atoms with van der Waals surface area (Å²) < 4.78 is 0. The number of carboxylic acids is 1. The van der Waals surface area contributed by atoms with Crippen LogP contribution in [-0.4, -0.2) is 29.1 Å². The lowest BCUT2D eigenvalue weighted by molar-refractivity contribution is -0.144. The van der Waals surface area contributed by atoms with Gasteiger partial charge in [-0.2, -0.15) is 11.8 Å². The minimum Gasteiger partial charge on any atom is -0.480 e. The van der Waals surface area contributed by atoms with E-state index in [0.717, 1.165) is 11.3 Å². The molecule has 0 bridgehead atoms. The molecule has 3 nitrogen and oxygen atoms in total. The molecule has 94 valence electrons. The number of likely N-dealkylation sites (N-methyl/N-ethyl adjacent to an activating group) is 1. The number of carbonyl (C=O) groups is 1. The van der Waals surface area contributed by atoms with Gasteiger partial charge in [0.25, 0.3) is 0 Å². The Hall–Kier alpha value is -1.00. The summed E-state index contributed by atoms with van der Waals surface area (Å²) in [7, 11) is 0. The SMILES string of the molecule is CCNC(CSCC)(C(=O)O)c1ccccc1. The predicted octanol–water partition coefficient (Wildman–Crippen LogP) is 2.33. The summed E-state index contributed by atoms with van der Waals surface area (Å²) in [5.41, 5.74) is -0.160. The Bertz CT molecular complexity index is 356. The Morgan fingerprint density at radius 2 is 2.00 bits per heavy atom. The van der Waals surface area contributed by atoms with Gasteiger partial charge in [-0.3, -0.25) is 5.32 Å². The fraction of sp³-hybridized carbons (Fsp3) is 0.462. The van der Waals surface area contributed by atoms with Crippen molar-refractivity contribution >= 4 is 17.7 Å². The number of nitrogens with one attached hydrogen (secondary N) is 1. The lowest BCUT2D eigenvalue weighted by Gasteiger charge is -2.30. The van der Waals surface area contributed by atoms with E-state index in [4.69, 9.17) is 0 Å². The zero-order valence-electron chi connectivity index (χ0n) is 10.3. The predicted molar refractivity (Wildman–Crippen MR) is 72.4 cm³/mol. The maximum Gasteiger partial charge on any atom is 0.329 e. The molecular weight excluding hydrogens is 234 g/mol. The maximum absolute atomic E-state index is 11.6. The molecule has 0 aliphatic heterocycles. The third-order valence-electron chi connectivity index (χ3n) is 2.63. The molecule has 1 atom stereocenters. The normalized spacial score (nSPS) is 14.2. The van der Waals surface area contributed by atoms with Crippen molar-refractivity contribution in [2.75, 3.05) is 18.1 Å². The standard InChI is InChI=1S/C13H19NO2S/c1-3-14-13(12(15)16,10-17-4-2)11-8-6-5-7-9-11/h5-9,14H,3-4,10H2,1-2H3,(H,15,16). The van der Waals surface area contributed by atoms with E-state index < -0.39 is 11.5 Å². The van der Waals surface area contributed by atoms with Crippen LogP contribution in [0, 0.1) is 0 Å². The first-order valence-corrected chi connectivity index (χ1v) is 6.94. The number of benzene rings is 1. The van der Waals surface area contributed by atoms with Gasteiger partial charge in [-0.15, -0.1) is 0 Å². The van der Waals surface area contributed by atoms with Crippen molar-refractivity contribution in [2.45, 2.75) is 19.4 Å². The van der Waals surface area contributed by atoms with Crippen LogP contribution in [0.15, 0.2) is 30.3 Å². The third-order valence-corrected chi connectivity index (χ3v) is 3.68. The van der Waals surface area contributed by atoms with Crippen LogP contribution in [0.25, 0.3) is 0 Å². The van der Waals surface area contributed by atoms with E-state index in [1.165, 1.54) is 0 Å². The van der Waals surface area contributed by atoms with Crippen molar-refractivity contribution in [3.8, 4) is 0 Å². The molecule has 0 fully saturated rings. The molecule has 2 N–H and O–H groups in total. The highest BCUT2D eigenvalue weighted by Gasteiger charge is 2.39. The molecule has 0 aromatic heterocycles. The first-order valence-electron chi connectivity index (χ1n) is 5.79. The maximum atomic E-state index is 11.6. The van der Waals surface area contributed by atoms with Crippen molar-refractivity contribution in [3.05, 3.63) is 35.9 Å². The van der Waals surface area contributed by atoms with Gasteiger partial charge in [0, 0.05) is 5.75 Å². The van der Waals surface area contributed by atoms with Crippen LogP contribution in [0.4, 0.5) is 0 Å². The Morgan fingerprint density at radius 3 is 2.47 bits per heavy atom. The molecule has 0 radical (unpaired) electrons. The lowest BCUT2D eigenvalue weighted by atomic mass is 9.92. The highest BCUT2D eigenvalue weighted by atomic mass is 32.2. The van der Waals surface area contributed by atoms with Crippen molar-refractivity contribution in [1.29, 1.82) is 0 Å². The number of rotatable bonds is 7.